The Kier molecular flexibility index (Phi) is 1.88. The minimum atomic E-state index is 0.808. The van der Waals surface area contributed by atoms with E-state index in [1.165, 1.54) is 0 Å². The number of aryl methyl sites for hydroxylation is 1. The van der Waals surface area contributed by atoms with Crippen LogP contribution in [0.4, 0.5) is 0 Å². The molecule has 0 saturated carbocycles. The van der Waals surface area contributed by atoms with Gasteiger partial charge in [-0.3, -0.25) is 0 Å². The molecule has 1 heterocycles. The summed E-state index contributed by atoms with van der Waals surface area (Å²) in [6.45, 7) is 1.89. The van der Waals surface area contributed by atoms with E-state index in [2.05, 4.69) is 27.6 Å². The second kappa shape index (κ2) is 2.48. The molecule has 1 rings (SSSR count). The van der Waals surface area contributed by atoms with Gasteiger partial charge in [0.05, 0.1) is 10.6 Å². The molecular formula is C5H6INO. The van der Waals surface area contributed by atoms with E-state index in [0.29, 0.717) is 0 Å². The molecule has 0 unspecified atom stereocenters. The van der Waals surface area contributed by atoms with Gasteiger partial charge in [0, 0.05) is 0 Å². The summed E-state index contributed by atoms with van der Waals surface area (Å²) in [5.41, 5.74) is 0. The molecule has 0 radical (unpaired) electrons. The van der Waals surface area contributed by atoms with Crippen molar-refractivity contribution in [2.24, 2.45) is 0 Å². The molecule has 0 aromatic carbocycles. The molecule has 1 aromatic heterocycles. The number of hydrogen-bond donors (Lipinski definition) is 0. The van der Waals surface area contributed by atoms with Gasteiger partial charge in [0.15, 0.2) is 0 Å². The summed E-state index contributed by atoms with van der Waals surface area (Å²) < 4.78 is 5.97. The second-order valence-corrected chi connectivity index (χ2v) is 2.26. The quantitative estimate of drug-likeness (QED) is 0.536. The first-order chi connectivity index (χ1) is 3.83. The predicted molar refractivity (Wildman–Crippen MR) is 39.0 cm³/mol. The summed E-state index contributed by atoms with van der Waals surface area (Å²) in [5, 5.41) is 0. The fourth-order valence-corrected chi connectivity index (χ4v) is 0.816. The van der Waals surface area contributed by atoms with Crippen LogP contribution in [0.5, 0.6) is 0 Å². The van der Waals surface area contributed by atoms with Gasteiger partial charge < -0.3 is 4.42 Å². The van der Waals surface area contributed by atoms with Crippen LogP contribution in [-0.4, -0.2) is 4.98 Å². The SMILES string of the molecule is Cc1cnc(CI)o1. The smallest absolute Gasteiger partial charge is 0.204 e. The summed E-state index contributed by atoms with van der Waals surface area (Å²) in [4.78, 5) is 3.96. The molecule has 0 fully saturated rings. The van der Waals surface area contributed by atoms with E-state index in [9.17, 15) is 0 Å². The molecule has 44 valence electrons. The van der Waals surface area contributed by atoms with Crippen molar-refractivity contribution in [3.8, 4) is 0 Å². The van der Waals surface area contributed by atoms with Crippen molar-refractivity contribution in [3.05, 3.63) is 17.8 Å². The van der Waals surface area contributed by atoms with Crippen molar-refractivity contribution < 1.29 is 4.42 Å². The molecule has 1 aromatic rings. The summed E-state index contributed by atoms with van der Waals surface area (Å²) in [6.07, 6.45) is 1.73. The van der Waals surface area contributed by atoms with Gasteiger partial charge in [-0.15, -0.1) is 0 Å². The van der Waals surface area contributed by atoms with Crippen molar-refractivity contribution in [2.75, 3.05) is 0 Å². The molecular weight excluding hydrogens is 217 g/mol. The van der Waals surface area contributed by atoms with E-state index in [0.717, 1.165) is 16.1 Å². The Bertz CT molecular complexity index is 173. The molecule has 0 aliphatic carbocycles. The zero-order valence-electron chi connectivity index (χ0n) is 4.52. The van der Waals surface area contributed by atoms with E-state index in [1.54, 1.807) is 6.20 Å². The van der Waals surface area contributed by atoms with Crippen molar-refractivity contribution in [1.29, 1.82) is 0 Å². The second-order valence-electron chi connectivity index (χ2n) is 1.50. The molecule has 3 heteroatoms. The van der Waals surface area contributed by atoms with Crippen molar-refractivity contribution >= 4 is 22.6 Å². The van der Waals surface area contributed by atoms with Gasteiger partial charge in [-0.1, -0.05) is 22.6 Å². The maximum atomic E-state index is 5.11. The summed E-state index contributed by atoms with van der Waals surface area (Å²) in [6, 6.07) is 0. The minimum Gasteiger partial charge on any atom is -0.445 e. The van der Waals surface area contributed by atoms with Gasteiger partial charge in [-0.2, -0.15) is 0 Å². The highest BCUT2D eigenvalue weighted by atomic mass is 127. The topological polar surface area (TPSA) is 26.0 Å². The van der Waals surface area contributed by atoms with Crippen molar-refractivity contribution in [2.45, 2.75) is 11.4 Å². The van der Waals surface area contributed by atoms with Crippen molar-refractivity contribution in [3.63, 3.8) is 0 Å². The Balaban J connectivity index is 2.84. The molecule has 0 N–H and O–H groups in total. The fourth-order valence-electron chi connectivity index (χ4n) is 0.463. The maximum absolute atomic E-state index is 5.11. The molecule has 0 aliphatic rings. The third-order valence-electron chi connectivity index (χ3n) is 0.783. The van der Waals surface area contributed by atoms with Crippen LogP contribution in [0.1, 0.15) is 11.7 Å². The van der Waals surface area contributed by atoms with Crippen LogP contribution in [-0.2, 0) is 4.43 Å². The van der Waals surface area contributed by atoms with Gasteiger partial charge in [-0.25, -0.2) is 4.98 Å². The van der Waals surface area contributed by atoms with E-state index >= 15 is 0 Å². The number of aromatic nitrogens is 1. The molecule has 0 spiro atoms. The average molecular weight is 223 g/mol. The third kappa shape index (κ3) is 1.21. The minimum absolute atomic E-state index is 0.808. The molecule has 0 bridgehead atoms. The van der Waals surface area contributed by atoms with Crippen LogP contribution in [0, 0.1) is 6.92 Å². The lowest BCUT2D eigenvalue weighted by atomic mass is 10.6. The largest absolute Gasteiger partial charge is 0.445 e. The Morgan fingerprint density at radius 1 is 1.88 bits per heavy atom. The molecule has 8 heavy (non-hydrogen) atoms. The number of halogens is 1. The van der Waals surface area contributed by atoms with E-state index in [-0.39, 0.29) is 0 Å². The lowest BCUT2D eigenvalue weighted by Crippen LogP contribution is -1.69. The molecule has 0 saturated heterocycles. The van der Waals surface area contributed by atoms with Crippen LogP contribution in [0.25, 0.3) is 0 Å². The lowest BCUT2D eigenvalue weighted by molar-refractivity contribution is 0.493. The van der Waals surface area contributed by atoms with Crippen LogP contribution in [0.15, 0.2) is 10.6 Å². The maximum Gasteiger partial charge on any atom is 0.204 e. The first-order valence-corrected chi connectivity index (χ1v) is 3.83. The normalized spacial score (nSPS) is 9.75. The van der Waals surface area contributed by atoms with Gasteiger partial charge in [0.1, 0.15) is 5.76 Å². The Labute approximate surface area is 61.4 Å². The number of nitrogens with zero attached hydrogens (tertiary/aromatic N) is 1. The van der Waals surface area contributed by atoms with Crippen LogP contribution in [0.3, 0.4) is 0 Å². The number of alkyl halides is 1. The fraction of sp³-hybridized carbons (Fsp3) is 0.400. The summed E-state index contributed by atoms with van der Waals surface area (Å²) in [5.74, 6) is 1.69. The summed E-state index contributed by atoms with van der Waals surface area (Å²) in [7, 11) is 0. The van der Waals surface area contributed by atoms with Gasteiger partial charge in [0.2, 0.25) is 5.89 Å². The summed E-state index contributed by atoms with van der Waals surface area (Å²) >= 11 is 2.21. The first-order valence-electron chi connectivity index (χ1n) is 2.30. The zero-order valence-corrected chi connectivity index (χ0v) is 6.68. The lowest BCUT2D eigenvalue weighted by Gasteiger charge is -1.79. The van der Waals surface area contributed by atoms with Crippen LogP contribution < -0.4 is 0 Å². The van der Waals surface area contributed by atoms with E-state index < -0.39 is 0 Å². The van der Waals surface area contributed by atoms with Crippen LogP contribution in [0.2, 0.25) is 0 Å². The standard InChI is InChI=1S/C5H6INO/c1-4-3-7-5(2-6)8-4/h3H,2H2,1H3. The van der Waals surface area contributed by atoms with E-state index in [1.807, 2.05) is 6.92 Å². The van der Waals surface area contributed by atoms with Gasteiger partial charge in [0.25, 0.3) is 0 Å². The van der Waals surface area contributed by atoms with E-state index in [4.69, 9.17) is 4.42 Å². The Hall–Kier alpha value is -0.0600. The molecule has 0 aliphatic heterocycles. The highest BCUT2D eigenvalue weighted by Crippen LogP contribution is 2.04. The first kappa shape index (κ1) is 6.07. The monoisotopic (exact) mass is 223 g/mol. The highest BCUT2D eigenvalue weighted by molar-refractivity contribution is 14.1. The van der Waals surface area contributed by atoms with Crippen LogP contribution >= 0.6 is 22.6 Å². The van der Waals surface area contributed by atoms with Gasteiger partial charge >= 0.3 is 0 Å². The van der Waals surface area contributed by atoms with Crippen molar-refractivity contribution in [1.82, 2.24) is 4.98 Å². The number of oxazole rings is 1. The number of hydrogen-bond acceptors (Lipinski definition) is 2. The number of rotatable bonds is 1. The Morgan fingerprint density at radius 2 is 2.62 bits per heavy atom. The molecule has 2 nitrogen and oxygen atoms in total. The Morgan fingerprint density at radius 3 is 2.88 bits per heavy atom. The third-order valence-corrected chi connectivity index (χ3v) is 1.44. The zero-order chi connectivity index (χ0) is 5.98. The molecule has 0 amide bonds. The average Bonchev–Trinajstić information content (AvgIpc) is 2.14. The van der Waals surface area contributed by atoms with Gasteiger partial charge in [-0.05, 0) is 6.92 Å². The molecule has 0 atom stereocenters. The predicted octanol–water partition coefficient (Wildman–Crippen LogP) is 1.92. The highest BCUT2D eigenvalue weighted by Gasteiger charge is 1.93.